The Labute approximate surface area is 172 Å². The maximum atomic E-state index is 12.4. The molecule has 0 atom stereocenters. The van der Waals surface area contributed by atoms with Gasteiger partial charge in [0, 0.05) is 24.3 Å². The van der Waals surface area contributed by atoms with E-state index in [1.165, 1.54) is 0 Å². The van der Waals surface area contributed by atoms with Gasteiger partial charge in [-0.1, -0.05) is 11.6 Å². The number of benzene rings is 2. The van der Waals surface area contributed by atoms with Gasteiger partial charge in [-0.15, -0.1) is 0 Å². The number of hydrogen-bond donors (Lipinski definition) is 2. The third kappa shape index (κ3) is 4.14. The maximum absolute atomic E-state index is 12.4. The molecule has 0 radical (unpaired) electrons. The Morgan fingerprint density at radius 3 is 2.64 bits per heavy atom. The normalized spacial score (nSPS) is 15.2. The number of nitrogens with one attached hydrogen (secondary N) is 2. The van der Waals surface area contributed by atoms with Crippen molar-refractivity contribution in [2.75, 3.05) is 43.3 Å². The van der Waals surface area contributed by atoms with Crippen LogP contribution in [0, 0.1) is 0 Å². The number of halogens is 1. The number of carbonyl (C=O) groups is 1. The third-order valence-corrected chi connectivity index (χ3v) is 4.93. The number of ether oxygens (including phenoxy) is 3. The Kier molecular flexibility index (Phi) is 5.52. The van der Waals surface area contributed by atoms with Gasteiger partial charge in [0.2, 0.25) is 6.79 Å². The molecule has 0 spiro atoms. The Morgan fingerprint density at radius 2 is 1.86 bits per heavy atom. The van der Waals surface area contributed by atoms with Crippen LogP contribution in [0.15, 0.2) is 36.4 Å². The van der Waals surface area contributed by atoms with Crippen molar-refractivity contribution in [1.82, 2.24) is 5.32 Å². The minimum atomic E-state index is -0.341. The fourth-order valence-electron chi connectivity index (χ4n) is 3.02. The number of amides is 1. The molecule has 2 heterocycles. The molecular formula is C19H18ClN3O4S. The molecule has 4 rings (SSSR count). The second-order valence-electron chi connectivity index (χ2n) is 6.24. The summed E-state index contributed by atoms with van der Waals surface area (Å²) in [5.41, 5.74) is 2.07. The van der Waals surface area contributed by atoms with Crippen LogP contribution in [0.2, 0.25) is 5.02 Å². The standard InChI is InChI=1S/C19H18ClN3O4S/c20-14-10-13(2-3-15(14)23-5-7-25-8-6-23)21-19(28)22-18(24)12-1-4-16-17(9-12)27-11-26-16/h1-4,9-10H,5-8,11H2,(H2,21,22,24,28). The molecule has 146 valence electrons. The number of rotatable bonds is 3. The summed E-state index contributed by atoms with van der Waals surface area (Å²) in [6.07, 6.45) is 0. The van der Waals surface area contributed by atoms with E-state index in [1.807, 2.05) is 12.1 Å². The summed E-state index contributed by atoms with van der Waals surface area (Å²) >= 11 is 11.7. The highest BCUT2D eigenvalue weighted by atomic mass is 35.5. The van der Waals surface area contributed by atoms with E-state index in [-0.39, 0.29) is 17.8 Å². The summed E-state index contributed by atoms with van der Waals surface area (Å²) in [6.45, 7) is 3.13. The molecule has 9 heteroatoms. The molecule has 0 bridgehead atoms. The zero-order valence-electron chi connectivity index (χ0n) is 14.9. The number of nitrogens with zero attached hydrogens (tertiary/aromatic N) is 1. The maximum Gasteiger partial charge on any atom is 0.257 e. The third-order valence-electron chi connectivity index (χ3n) is 4.42. The quantitative estimate of drug-likeness (QED) is 0.741. The SMILES string of the molecule is O=C(NC(=S)Nc1ccc(N2CCOCC2)c(Cl)c1)c1ccc2c(c1)OCO2. The molecular weight excluding hydrogens is 402 g/mol. The van der Waals surface area contributed by atoms with E-state index in [9.17, 15) is 4.79 Å². The van der Waals surface area contributed by atoms with Gasteiger partial charge in [-0.3, -0.25) is 10.1 Å². The predicted octanol–water partition coefficient (Wildman–Crippen LogP) is 3.03. The molecule has 1 saturated heterocycles. The highest BCUT2D eigenvalue weighted by Gasteiger charge is 2.17. The Hall–Kier alpha value is -2.55. The molecule has 1 fully saturated rings. The van der Waals surface area contributed by atoms with E-state index in [0.717, 1.165) is 18.8 Å². The van der Waals surface area contributed by atoms with Crippen LogP contribution < -0.4 is 25.0 Å². The fourth-order valence-corrected chi connectivity index (χ4v) is 3.53. The number of hydrogen-bond acceptors (Lipinski definition) is 6. The lowest BCUT2D eigenvalue weighted by Crippen LogP contribution is -2.36. The van der Waals surface area contributed by atoms with Crippen LogP contribution in [0.25, 0.3) is 0 Å². The topological polar surface area (TPSA) is 72.1 Å². The molecule has 28 heavy (non-hydrogen) atoms. The number of morpholine rings is 1. The molecule has 2 N–H and O–H groups in total. The van der Waals surface area contributed by atoms with Crippen molar-refractivity contribution in [3.63, 3.8) is 0 Å². The lowest BCUT2D eigenvalue weighted by molar-refractivity contribution is 0.0977. The monoisotopic (exact) mass is 419 g/mol. The van der Waals surface area contributed by atoms with Crippen molar-refractivity contribution in [1.29, 1.82) is 0 Å². The summed E-state index contributed by atoms with van der Waals surface area (Å²) in [5, 5.41) is 6.42. The Bertz CT molecular complexity index is 918. The molecule has 1 amide bonds. The average molecular weight is 420 g/mol. The fraction of sp³-hybridized carbons (Fsp3) is 0.263. The van der Waals surface area contributed by atoms with Crippen molar-refractivity contribution in [3.8, 4) is 11.5 Å². The lowest BCUT2D eigenvalue weighted by Gasteiger charge is -2.29. The Morgan fingerprint density at radius 1 is 1.07 bits per heavy atom. The van der Waals surface area contributed by atoms with Gasteiger partial charge in [-0.25, -0.2) is 0 Å². The highest BCUT2D eigenvalue weighted by Crippen LogP contribution is 2.32. The van der Waals surface area contributed by atoms with Crippen LogP contribution in [0.3, 0.4) is 0 Å². The van der Waals surface area contributed by atoms with Gasteiger partial charge in [-0.2, -0.15) is 0 Å². The van der Waals surface area contributed by atoms with Gasteiger partial charge in [0.15, 0.2) is 16.6 Å². The molecule has 2 aromatic carbocycles. The number of anilines is 2. The molecule has 2 aliphatic heterocycles. The zero-order chi connectivity index (χ0) is 19.5. The van der Waals surface area contributed by atoms with Crippen LogP contribution in [0.5, 0.6) is 11.5 Å². The summed E-state index contributed by atoms with van der Waals surface area (Å²) in [6, 6.07) is 10.5. The van der Waals surface area contributed by atoms with E-state index in [1.54, 1.807) is 24.3 Å². The molecule has 0 aromatic heterocycles. The first-order chi connectivity index (χ1) is 13.6. The summed E-state index contributed by atoms with van der Waals surface area (Å²) in [7, 11) is 0. The molecule has 2 aromatic rings. The van der Waals surface area contributed by atoms with Gasteiger partial charge in [0.1, 0.15) is 0 Å². The van der Waals surface area contributed by atoms with Crippen molar-refractivity contribution < 1.29 is 19.0 Å². The molecule has 0 saturated carbocycles. The van der Waals surface area contributed by atoms with Crippen LogP contribution in [-0.2, 0) is 4.74 Å². The average Bonchev–Trinajstić information content (AvgIpc) is 3.16. The minimum Gasteiger partial charge on any atom is -0.454 e. The Balaban J connectivity index is 1.38. The highest BCUT2D eigenvalue weighted by molar-refractivity contribution is 7.80. The molecule has 7 nitrogen and oxygen atoms in total. The minimum absolute atomic E-state index is 0.154. The smallest absolute Gasteiger partial charge is 0.257 e. The van der Waals surface area contributed by atoms with Gasteiger partial charge < -0.3 is 24.4 Å². The first-order valence-electron chi connectivity index (χ1n) is 8.74. The van der Waals surface area contributed by atoms with E-state index in [4.69, 9.17) is 38.0 Å². The summed E-state index contributed by atoms with van der Waals surface area (Å²) in [5.74, 6) is 0.816. The van der Waals surface area contributed by atoms with E-state index >= 15 is 0 Å². The first kappa shape index (κ1) is 18.8. The van der Waals surface area contributed by atoms with Crippen molar-refractivity contribution >= 4 is 46.2 Å². The van der Waals surface area contributed by atoms with E-state index < -0.39 is 0 Å². The number of thiocarbonyl (C=S) groups is 1. The summed E-state index contributed by atoms with van der Waals surface area (Å²) in [4.78, 5) is 14.6. The van der Waals surface area contributed by atoms with Gasteiger partial charge in [0.05, 0.1) is 23.9 Å². The van der Waals surface area contributed by atoms with Crippen LogP contribution in [0.4, 0.5) is 11.4 Å². The first-order valence-corrected chi connectivity index (χ1v) is 9.53. The van der Waals surface area contributed by atoms with Gasteiger partial charge in [-0.05, 0) is 48.6 Å². The van der Waals surface area contributed by atoms with Crippen LogP contribution in [0.1, 0.15) is 10.4 Å². The number of carbonyl (C=O) groups excluding carboxylic acids is 1. The summed E-state index contributed by atoms with van der Waals surface area (Å²) < 4.78 is 15.9. The second-order valence-corrected chi connectivity index (χ2v) is 7.06. The predicted molar refractivity (Wildman–Crippen MR) is 111 cm³/mol. The van der Waals surface area contributed by atoms with Crippen LogP contribution in [-0.4, -0.2) is 44.1 Å². The van der Waals surface area contributed by atoms with Crippen molar-refractivity contribution in [2.24, 2.45) is 0 Å². The molecule has 0 aliphatic carbocycles. The largest absolute Gasteiger partial charge is 0.454 e. The van der Waals surface area contributed by atoms with E-state index in [0.29, 0.717) is 41.0 Å². The second kappa shape index (κ2) is 8.22. The number of fused-ring (bicyclic) bond motifs is 1. The lowest BCUT2D eigenvalue weighted by atomic mass is 10.2. The van der Waals surface area contributed by atoms with Crippen LogP contribution >= 0.6 is 23.8 Å². The van der Waals surface area contributed by atoms with Gasteiger partial charge in [0.25, 0.3) is 5.91 Å². The van der Waals surface area contributed by atoms with E-state index in [2.05, 4.69) is 15.5 Å². The van der Waals surface area contributed by atoms with Crippen molar-refractivity contribution in [3.05, 3.63) is 47.0 Å². The van der Waals surface area contributed by atoms with Crippen molar-refractivity contribution in [2.45, 2.75) is 0 Å². The molecule has 0 unspecified atom stereocenters. The zero-order valence-corrected chi connectivity index (χ0v) is 16.4. The molecule has 2 aliphatic rings. The van der Waals surface area contributed by atoms with Gasteiger partial charge >= 0.3 is 0 Å².